The number of rotatable bonds is 9. The molecule has 0 saturated carbocycles. The van der Waals surface area contributed by atoms with Crippen LogP contribution in [0.25, 0.3) is 33.1 Å². The number of H-pyrrole nitrogens is 3. The molecule has 0 amide bonds. The lowest BCUT2D eigenvalue weighted by Crippen LogP contribution is -2.24. The first-order valence-corrected chi connectivity index (χ1v) is 16.4. The molecule has 0 radical (unpaired) electrons. The number of nitrogens with one attached hydrogen (secondary N) is 3. The van der Waals surface area contributed by atoms with Crippen molar-refractivity contribution in [2.24, 2.45) is 0 Å². The number of imidazole rings is 3. The molecule has 0 aliphatic rings. The van der Waals surface area contributed by atoms with E-state index in [4.69, 9.17) is 0 Å². The summed E-state index contributed by atoms with van der Waals surface area (Å²) < 4.78 is 103. The molecule has 0 spiro atoms. The molecule has 0 aliphatic carbocycles. The second-order valence-electron chi connectivity index (χ2n) is 9.59. The Morgan fingerprint density at radius 2 is 0.791 bits per heavy atom. The van der Waals surface area contributed by atoms with Gasteiger partial charge in [0.05, 0.1) is 67.4 Å². The van der Waals surface area contributed by atoms with Gasteiger partial charge in [0.2, 0.25) is 0 Å². The third-order valence-corrected chi connectivity index (χ3v) is 8.99. The molecule has 6 rings (SSSR count). The lowest BCUT2D eigenvalue weighted by atomic mass is 10.3. The Morgan fingerprint density at radius 1 is 0.512 bits per heavy atom. The Bertz CT molecular complexity index is 2110. The van der Waals surface area contributed by atoms with Crippen molar-refractivity contribution >= 4 is 63.5 Å². The zero-order valence-corrected chi connectivity index (χ0v) is 24.0. The molecule has 3 aromatic heterocycles. The van der Waals surface area contributed by atoms with Crippen LogP contribution in [0.4, 0.5) is 0 Å². The second kappa shape index (κ2) is 10.2. The van der Waals surface area contributed by atoms with Crippen molar-refractivity contribution in [2.75, 3.05) is 0 Å². The van der Waals surface area contributed by atoms with Crippen molar-refractivity contribution < 1.29 is 38.9 Å². The van der Waals surface area contributed by atoms with Crippen molar-refractivity contribution in [3.8, 4) is 0 Å². The Balaban J connectivity index is 1.35. The maximum atomic E-state index is 11.4. The molecule has 0 fully saturated rings. The Morgan fingerprint density at radius 3 is 1.05 bits per heavy atom. The van der Waals surface area contributed by atoms with Gasteiger partial charge in [-0.05, 0) is 54.6 Å². The molecule has 0 aliphatic heterocycles. The van der Waals surface area contributed by atoms with Crippen LogP contribution in [0.5, 0.6) is 0 Å². The molecule has 3 N–H and O–H groups in total. The summed E-state index contributed by atoms with van der Waals surface area (Å²) in [6.07, 6.45) is 0. The minimum atomic E-state index is -4.69. The van der Waals surface area contributed by atoms with Crippen LogP contribution in [0.3, 0.4) is 0 Å². The van der Waals surface area contributed by atoms with Gasteiger partial charge in [-0.3, -0.25) is 4.90 Å². The maximum absolute atomic E-state index is 11.4. The highest BCUT2D eigenvalue weighted by Gasteiger charge is 2.17. The molecule has 0 bridgehead atoms. The zero-order valence-electron chi connectivity index (χ0n) is 21.5. The molecule has 3 aromatic carbocycles. The number of nitrogens with zero attached hydrogens (tertiary/aromatic N) is 4. The summed E-state index contributed by atoms with van der Waals surface area (Å²) in [5.41, 5.74) is 2.18. The largest absolute Gasteiger partial charge is 0.744 e. The molecule has 224 valence electrons. The van der Waals surface area contributed by atoms with Crippen molar-refractivity contribution in [3.63, 3.8) is 0 Å². The summed E-state index contributed by atoms with van der Waals surface area (Å²) in [7, 11) is -14.1. The first-order valence-electron chi connectivity index (χ1n) is 12.2. The van der Waals surface area contributed by atoms with Gasteiger partial charge in [-0.15, -0.1) is 0 Å². The summed E-state index contributed by atoms with van der Waals surface area (Å²) >= 11 is 0. The van der Waals surface area contributed by atoms with Crippen LogP contribution in [-0.2, 0) is 50.0 Å². The maximum Gasteiger partial charge on any atom is 0.124 e. The van der Waals surface area contributed by atoms with Crippen LogP contribution in [0, 0.1) is 0 Å². The van der Waals surface area contributed by atoms with E-state index in [1.807, 2.05) is 0 Å². The molecule has 6 aromatic rings. The predicted molar refractivity (Wildman–Crippen MR) is 145 cm³/mol. The van der Waals surface area contributed by atoms with E-state index in [1.165, 1.54) is 36.4 Å². The van der Waals surface area contributed by atoms with Gasteiger partial charge < -0.3 is 28.6 Å². The molecule has 0 atom stereocenters. The average molecular weight is 645 g/mol. The van der Waals surface area contributed by atoms with Crippen LogP contribution in [0.1, 0.15) is 17.5 Å². The monoisotopic (exact) mass is 644 g/mol. The first kappa shape index (κ1) is 28.9. The topological polar surface area (TPSA) is 261 Å². The van der Waals surface area contributed by atoms with E-state index in [9.17, 15) is 38.9 Å². The summed E-state index contributed by atoms with van der Waals surface area (Å²) in [6.45, 7) is 0.341. The predicted octanol–water partition coefficient (Wildman–Crippen LogP) is 1.23. The van der Waals surface area contributed by atoms with E-state index in [-0.39, 0.29) is 19.6 Å². The minimum Gasteiger partial charge on any atom is -0.744 e. The van der Waals surface area contributed by atoms with Gasteiger partial charge in [-0.2, -0.15) is 0 Å². The molecule has 43 heavy (non-hydrogen) atoms. The van der Waals surface area contributed by atoms with Gasteiger partial charge in [0, 0.05) is 0 Å². The van der Waals surface area contributed by atoms with Crippen molar-refractivity contribution in [1.82, 2.24) is 34.8 Å². The van der Waals surface area contributed by atoms with Crippen molar-refractivity contribution in [1.29, 1.82) is 0 Å². The summed E-state index contributed by atoms with van der Waals surface area (Å²) in [4.78, 5) is 22.9. The lowest BCUT2D eigenvalue weighted by molar-refractivity contribution is 0.232. The van der Waals surface area contributed by atoms with Gasteiger partial charge in [0.1, 0.15) is 47.8 Å². The third-order valence-electron chi connectivity index (χ3n) is 6.49. The van der Waals surface area contributed by atoms with E-state index in [0.29, 0.717) is 50.6 Å². The molecule has 0 unspecified atom stereocenters. The number of benzene rings is 3. The third kappa shape index (κ3) is 6.13. The quantitative estimate of drug-likeness (QED) is 0.187. The summed E-state index contributed by atoms with van der Waals surface area (Å²) in [5.74, 6) is 1.17. The number of aromatic nitrogens is 6. The number of fused-ring (bicyclic) bond motifs is 3. The van der Waals surface area contributed by atoms with Crippen molar-refractivity contribution in [2.45, 2.75) is 34.3 Å². The minimum absolute atomic E-state index is 0.114. The molecule has 16 nitrogen and oxygen atoms in total. The molecule has 19 heteroatoms. The Kier molecular flexibility index (Phi) is 6.84. The Hall–Kier alpha value is -4.24. The number of aromatic amines is 3. The van der Waals surface area contributed by atoms with Crippen LogP contribution in [-0.4, -0.2) is 73.7 Å². The van der Waals surface area contributed by atoms with E-state index in [2.05, 4.69) is 29.9 Å². The average Bonchev–Trinajstić information content (AvgIpc) is 3.60. The molecular formula is C24H18N7O9S3-3. The molecular weight excluding hydrogens is 627 g/mol. The fourth-order valence-corrected chi connectivity index (χ4v) is 6.11. The number of hydrogen-bond donors (Lipinski definition) is 3. The molecule has 0 saturated heterocycles. The van der Waals surface area contributed by atoms with Gasteiger partial charge in [-0.1, -0.05) is 0 Å². The van der Waals surface area contributed by atoms with Crippen molar-refractivity contribution in [3.05, 3.63) is 72.1 Å². The standard InChI is InChI=1S/C24H21N7O9S3/c32-41(33,34)13-1-4-16-19(7-13)28-22(25-16)10-31(11-23-26-17-5-2-14(42(35,36)37)8-20(17)29-23)12-24-27-18-6-3-15(43(38,39)40)9-21(18)30-24/h1-9H,10-12H2,(H,25,28)(H,26,29)(H,27,30)(H,32,33,34)(H,35,36,37)(H,38,39,40)/p-3. The normalized spacial score (nSPS) is 13.1. The highest BCUT2D eigenvalue weighted by atomic mass is 32.2. The molecule has 3 heterocycles. The fourth-order valence-electron chi connectivity index (χ4n) is 4.62. The van der Waals surface area contributed by atoms with E-state index in [1.54, 1.807) is 4.90 Å². The van der Waals surface area contributed by atoms with Gasteiger partial charge >= 0.3 is 0 Å². The van der Waals surface area contributed by atoms with Crippen LogP contribution in [0.15, 0.2) is 69.3 Å². The lowest BCUT2D eigenvalue weighted by Gasteiger charge is -2.18. The Labute approximate surface area is 243 Å². The van der Waals surface area contributed by atoms with Crippen LogP contribution >= 0.6 is 0 Å². The van der Waals surface area contributed by atoms with E-state index in [0.717, 1.165) is 18.2 Å². The SMILES string of the molecule is O=S(=O)([O-])c1ccc2nc(CN(Cc3nc4ccc(S(=O)(=O)[O-])cc4[nH]3)Cc3nc4ccc(S(=O)(=O)[O-])cc4[nH]3)[nH]c2c1. The van der Waals surface area contributed by atoms with Gasteiger partial charge in [0.25, 0.3) is 0 Å². The van der Waals surface area contributed by atoms with E-state index < -0.39 is 45.0 Å². The zero-order chi connectivity index (χ0) is 30.7. The van der Waals surface area contributed by atoms with Crippen LogP contribution in [0.2, 0.25) is 0 Å². The second-order valence-corrected chi connectivity index (χ2v) is 13.7. The smallest absolute Gasteiger partial charge is 0.124 e. The van der Waals surface area contributed by atoms with E-state index >= 15 is 0 Å². The van der Waals surface area contributed by atoms with Gasteiger partial charge in [0.15, 0.2) is 0 Å². The summed E-state index contributed by atoms with van der Waals surface area (Å²) in [6, 6.07) is 11.2. The highest BCUT2D eigenvalue weighted by molar-refractivity contribution is 7.86. The number of hydrogen-bond acceptors (Lipinski definition) is 13. The fraction of sp³-hybridized carbons (Fsp3) is 0.125. The highest BCUT2D eigenvalue weighted by Crippen LogP contribution is 2.22. The van der Waals surface area contributed by atoms with Gasteiger partial charge in [-0.25, -0.2) is 40.2 Å². The van der Waals surface area contributed by atoms with Crippen LogP contribution < -0.4 is 0 Å². The summed E-state index contributed by atoms with van der Waals surface area (Å²) in [5, 5.41) is 0. The first-order chi connectivity index (χ1) is 20.1.